The Morgan fingerprint density at radius 3 is 2.50 bits per heavy atom. The summed E-state index contributed by atoms with van der Waals surface area (Å²) in [6.07, 6.45) is 6.58. The summed E-state index contributed by atoms with van der Waals surface area (Å²) < 4.78 is 0. The molecule has 0 spiro atoms. The van der Waals surface area contributed by atoms with Gasteiger partial charge in [0.1, 0.15) is 12.2 Å². The third-order valence-corrected chi connectivity index (χ3v) is 0.770. The van der Waals surface area contributed by atoms with Crippen molar-refractivity contribution in [3.05, 3.63) is 35.8 Å². The first-order valence-corrected chi connectivity index (χ1v) is 2.19. The molecule has 2 heteroatoms. The van der Waals surface area contributed by atoms with Gasteiger partial charge in [-0.25, -0.2) is 0 Å². The van der Waals surface area contributed by atoms with Gasteiger partial charge in [-0.05, 0) is 0 Å². The van der Waals surface area contributed by atoms with Crippen molar-refractivity contribution in [3.63, 3.8) is 0 Å². The molecule has 40 valence electrons. The van der Waals surface area contributed by atoms with E-state index in [2.05, 4.69) is 6.08 Å². The minimum Gasteiger partial charge on any atom is -0.487 e. The van der Waals surface area contributed by atoms with Crippen LogP contribution in [-0.2, 0) is 0 Å². The van der Waals surface area contributed by atoms with Crippen LogP contribution in [0.15, 0.2) is 29.7 Å². The molecule has 2 N–H and O–H groups in total. The van der Waals surface area contributed by atoms with Gasteiger partial charge in [0.15, 0.2) is 0 Å². The average molecular weight is 109 g/mol. The van der Waals surface area contributed by atoms with Crippen molar-refractivity contribution >= 4 is 0 Å². The van der Waals surface area contributed by atoms with E-state index in [-0.39, 0.29) is 11.5 Å². The fraction of sp³-hybridized carbons (Fsp3) is 0. The Bertz CT molecular complexity index is 172. The van der Waals surface area contributed by atoms with Crippen LogP contribution in [0.2, 0.25) is 0 Å². The molecule has 0 atom stereocenters. The highest BCUT2D eigenvalue weighted by Gasteiger charge is 2.04. The van der Waals surface area contributed by atoms with Gasteiger partial charge in [0.25, 0.3) is 5.76 Å². The van der Waals surface area contributed by atoms with E-state index in [9.17, 15) is 0 Å². The van der Waals surface area contributed by atoms with E-state index in [1.54, 1.807) is 0 Å². The van der Waals surface area contributed by atoms with Gasteiger partial charge in [-0.3, -0.25) is 0 Å². The average Bonchev–Trinajstić information content (AvgIpc) is 1.64. The SMILES string of the molecule is OC1=[C+]C=CC(O)=C1. The molecule has 0 heterocycles. The van der Waals surface area contributed by atoms with Crippen LogP contribution in [0.1, 0.15) is 0 Å². The predicted molar refractivity (Wildman–Crippen MR) is 29.2 cm³/mol. The maximum Gasteiger partial charge on any atom is 0.290 e. The first-order chi connectivity index (χ1) is 3.79. The van der Waals surface area contributed by atoms with Gasteiger partial charge >= 0.3 is 0 Å². The van der Waals surface area contributed by atoms with E-state index in [1.165, 1.54) is 18.2 Å². The lowest BCUT2D eigenvalue weighted by Crippen LogP contribution is -1.83. The van der Waals surface area contributed by atoms with E-state index in [1.807, 2.05) is 0 Å². The molecule has 1 rings (SSSR count). The maximum atomic E-state index is 8.63. The van der Waals surface area contributed by atoms with Crippen molar-refractivity contribution in [2.45, 2.75) is 0 Å². The molecule has 0 amide bonds. The quantitative estimate of drug-likeness (QED) is 0.459. The van der Waals surface area contributed by atoms with Gasteiger partial charge < -0.3 is 10.2 Å². The summed E-state index contributed by atoms with van der Waals surface area (Å²) in [6, 6.07) is 0. The van der Waals surface area contributed by atoms with Crippen LogP contribution < -0.4 is 0 Å². The molecule has 0 saturated heterocycles. The van der Waals surface area contributed by atoms with E-state index >= 15 is 0 Å². The number of hydrogen-bond donors (Lipinski definition) is 2. The number of allylic oxidation sites excluding steroid dienone is 4. The van der Waals surface area contributed by atoms with Crippen LogP contribution in [0, 0.1) is 6.08 Å². The molecule has 0 aliphatic heterocycles. The van der Waals surface area contributed by atoms with E-state index in [4.69, 9.17) is 10.2 Å². The molecule has 1 aliphatic carbocycles. The first kappa shape index (κ1) is 4.88. The molecule has 8 heavy (non-hydrogen) atoms. The van der Waals surface area contributed by atoms with Crippen LogP contribution in [0.3, 0.4) is 0 Å². The predicted octanol–water partition coefficient (Wildman–Crippen LogP) is 1.24. The van der Waals surface area contributed by atoms with Crippen molar-refractivity contribution in [1.82, 2.24) is 0 Å². The zero-order valence-corrected chi connectivity index (χ0v) is 4.13. The molecule has 0 aromatic heterocycles. The lowest BCUT2D eigenvalue weighted by molar-refractivity contribution is 0.400. The molecule has 0 aromatic rings. The summed E-state index contributed by atoms with van der Waals surface area (Å²) in [5.74, 6) is 0.0197. The molecular weight excluding hydrogens is 104 g/mol. The van der Waals surface area contributed by atoms with Crippen molar-refractivity contribution in [2.75, 3.05) is 0 Å². The molecule has 0 bridgehead atoms. The minimum absolute atomic E-state index is 0.0370. The Labute approximate surface area is 47.1 Å². The number of hydrogen-bond acceptors (Lipinski definition) is 2. The molecule has 0 aromatic carbocycles. The summed E-state index contributed by atoms with van der Waals surface area (Å²) in [4.78, 5) is 0. The number of aliphatic hydroxyl groups excluding tert-OH is 2. The van der Waals surface area contributed by atoms with E-state index in [0.29, 0.717) is 0 Å². The Morgan fingerprint density at radius 2 is 2.12 bits per heavy atom. The first-order valence-electron chi connectivity index (χ1n) is 2.19. The Hall–Kier alpha value is -1.27. The molecule has 0 radical (unpaired) electrons. The van der Waals surface area contributed by atoms with Gasteiger partial charge in [0.05, 0.1) is 12.2 Å². The second kappa shape index (κ2) is 1.68. The zero-order chi connectivity index (χ0) is 5.98. The third kappa shape index (κ3) is 0.863. The third-order valence-electron chi connectivity index (χ3n) is 0.770. The normalized spacial score (nSPS) is 16.5. The lowest BCUT2D eigenvalue weighted by Gasteiger charge is -1.84. The number of aliphatic hydroxyl groups is 2. The van der Waals surface area contributed by atoms with Crippen LogP contribution in [0.5, 0.6) is 0 Å². The van der Waals surface area contributed by atoms with Crippen LogP contribution in [0.25, 0.3) is 0 Å². The number of rotatable bonds is 0. The summed E-state index contributed by atoms with van der Waals surface area (Å²) in [5, 5.41) is 17.2. The standard InChI is InChI=1S/C6H4O2/c7-5-2-1-3-6(8)4-5/h1-2,4H,(H-,7,8)/p+1. The molecule has 0 fully saturated rings. The molecular formula is C6H5O2+. The van der Waals surface area contributed by atoms with Crippen LogP contribution in [-0.4, -0.2) is 10.2 Å². The Balaban J connectivity index is 2.89. The highest BCUT2D eigenvalue weighted by molar-refractivity contribution is 5.27. The molecule has 2 nitrogen and oxygen atoms in total. The minimum atomic E-state index is -0.0370. The second-order valence-electron chi connectivity index (χ2n) is 1.43. The summed E-state index contributed by atoms with van der Waals surface area (Å²) in [7, 11) is 0. The van der Waals surface area contributed by atoms with Gasteiger partial charge in [-0.1, -0.05) is 0 Å². The fourth-order valence-corrected chi connectivity index (χ4v) is 0.442. The topological polar surface area (TPSA) is 40.5 Å². The molecule has 0 unspecified atom stereocenters. The van der Waals surface area contributed by atoms with Gasteiger partial charge in [0, 0.05) is 0 Å². The Morgan fingerprint density at radius 1 is 1.38 bits per heavy atom. The van der Waals surface area contributed by atoms with Gasteiger partial charge in [0.2, 0.25) is 5.76 Å². The summed E-state index contributed by atoms with van der Waals surface area (Å²) in [5.41, 5.74) is 0. The van der Waals surface area contributed by atoms with Gasteiger partial charge in [-0.2, -0.15) is 0 Å². The van der Waals surface area contributed by atoms with Crippen molar-refractivity contribution in [3.8, 4) is 0 Å². The van der Waals surface area contributed by atoms with Crippen molar-refractivity contribution < 1.29 is 10.2 Å². The Kier molecular flexibility index (Phi) is 1.03. The summed E-state index contributed by atoms with van der Waals surface area (Å²) >= 11 is 0. The second-order valence-corrected chi connectivity index (χ2v) is 1.43. The molecule has 1 aliphatic rings. The largest absolute Gasteiger partial charge is 0.487 e. The molecule has 0 saturated carbocycles. The van der Waals surface area contributed by atoms with Crippen molar-refractivity contribution in [2.24, 2.45) is 0 Å². The summed E-state index contributed by atoms with van der Waals surface area (Å²) in [6.45, 7) is 0. The van der Waals surface area contributed by atoms with E-state index in [0.717, 1.165) is 0 Å². The fourth-order valence-electron chi connectivity index (χ4n) is 0.442. The lowest BCUT2D eigenvalue weighted by atomic mass is 10.2. The monoisotopic (exact) mass is 109 g/mol. The highest BCUT2D eigenvalue weighted by atomic mass is 16.3. The van der Waals surface area contributed by atoms with Crippen LogP contribution in [0.4, 0.5) is 0 Å². The van der Waals surface area contributed by atoms with E-state index < -0.39 is 0 Å². The van der Waals surface area contributed by atoms with Crippen LogP contribution >= 0.6 is 0 Å². The van der Waals surface area contributed by atoms with Gasteiger partial charge in [-0.15, -0.1) is 0 Å². The smallest absolute Gasteiger partial charge is 0.290 e. The van der Waals surface area contributed by atoms with Crippen molar-refractivity contribution in [1.29, 1.82) is 0 Å². The zero-order valence-electron chi connectivity index (χ0n) is 4.13. The highest BCUT2D eigenvalue weighted by Crippen LogP contribution is 2.03. The maximum absolute atomic E-state index is 8.63.